The topological polar surface area (TPSA) is 58.4 Å². The second kappa shape index (κ2) is 4.94. The normalized spacial score (nSPS) is 23.7. The van der Waals surface area contributed by atoms with Crippen LogP contribution in [0.5, 0.6) is 0 Å². The van der Waals surface area contributed by atoms with Crippen molar-refractivity contribution in [3.05, 3.63) is 0 Å². The summed E-state index contributed by atoms with van der Waals surface area (Å²) in [7, 11) is 2.00. The van der Waals surface area contributed by atoms with Gasteiger partial charge in [0.05, 0.1) is 6.04 Å². The van der Waals surface area contributed by atoms with Gasteiger partial charge in [0.1, 0.15) is 0 Å². The molecule has 0 aromatic heterocycles. The maximum Gasteiger partial charge on any atom is 0.234 e. The summed E-state index contributed by atoms with van der Waals surface area (Å²) in [6, 6.07) is -0.0774. The van der Waals surface area contributed by atoms with Crippen molar-refractivity contribution in [1.29, 1.82) is 0 Å². The zero-order valence-corrected chi connectivity index (χ0v) is 10.0. The molecule has 0 saturated carbocycles. The average molecular weight is 213 g/mol. The van der Waals surface area contributed by atoms with E-state index < -0.39 is 0 Å². The molecule has 0 radical (unpaired) electrons. The van der Waals surface area contributed by atoms with Gasteiger partial charge in [0.15, 0.2) is 0 Å². The van der Waals surface area contributed by atoms with Crippen LogP contribution in [0.4, 0.5) is 0 Å². The molecule has 88 valence electrons. The Morgan fingerprint density at radius 2 is 2.07 bits per heavy atom. The van der Waals surface area contributed by atoms with Gasteiger partial charge in [-0.3, -0.25) is 9.69 Å². The predicted molar refractivity (Wildman–Crippen MR) is 61.5 cm³/mol. The van der Waals surface area contributed by atoms with Crippen molar-refractivity contribution in [3.63, 3.8) is 0 Å². The fourth-order valence-corrected chi connectivity index (χ4v) is 2.22. The molecule has 4 heteroatoms. The summed E-state index contributed by atoms with van der Waals surface area (Å²) in [5, 5.41) is 3.34. The van der Waals surface area contributed by atoms with Crippen LogP contribution in [0.2, 0.25) is 0 Å². The molecule has 1 atom stereocenters. The second-order valence-electron chi connectivity index (χ2n) is 4.67. The van der Waals surface area contributed by atoms with Crippen molar-refractivity contribution in [2.75, 3.05) is 20.1 Å². The van der Waals surface area contributed by atoms with Crippen molar-refractivity contribution in [3.8, 4) is 0 Å². The Morgan fingerprint density at radius 3 is 2.40 bits per heavy atom. The number of carbonyl (C=O) groups excluding carboxylic acids is 1. The Kier molecular flexibility index (Phi) is 4.11. The lowest BCUT2D eigenvalue weighted by Crippen LogP contribution is -2.54. The van der Waals surface area contributed by atoms with Crippen LogP contribution in [0.25, 0.3) is 0 Å². The number of hydrogen-bond donors (Lipinski definition) is 2. The summed E-state index contributed by atoms with van der Waals surface area (Å²) in [5.41, 5.74) is 5.61. The van der Waals surface area contributed by atoms with Gasteiger partial charge in [0, 0.05) is 18.6 Å². The minimum atomic E-state index is -0.189. The number of hydrogen-bond acceptors (Lipinski definition) is 3. The molecule has 1 saturated heterocycles. The number of rotatable bonds is 4. The minimum Gasteiger partial charge on any atom is -0.368 e. The highest BCUT2D eigenvalue weighted by Crippen LogP contribution is 2.23. The van der Waals surface area contributed by atoms with Gasteiger partial charge in [0.25, 0.3) is 0 Å². The van der Waals surface area contributed by atoms with Gasteiger partial charge in [0.2, 0.25) is 5.91 Å². The molecule has 1 aliphatic heterocycles. The average Bonchev–Trinajstić information content (AvgIpc) is 2.22. The number of amides is 1. The molecule has 1 heterocycles. The summed E-state index contributed by atoms with van der Waals surface area (Å²) in [4.78, 5) is 13.4. The first-order chi connectivity index (χ1) is 7.02. The lowest BCUT2D eigenvalue weighted by Gasteiger charge is -2.41. The van der Waals surface area contributed by atoms with E-state index in [1.807, 2.05) is 14.0 Å². The van der Waals surface area contributed by atoms with Gasteiger partial charge >= 0.3 is 0 Å². The number of nitrogens with two attached hydrogens (primary N) is 1. The molecule has 3 N–H and O–H groups in total. The first-order valence-corrected chi connectivity index (χ1v) is 5.74. The van der Waals surface area contributed by atoms with E-state index >= 15 is 0 Å². The number of piperidine rings is 1. The third-order valence-electron chi connectivity index (χ3n) is 3.66. The largest absolute Gasteiger partial charge is 0.368 e. The van der Waals surface area contributed by atoms with Gasteiger partial charge in [-0.25, -0.2) is 0 Å². The molecule has 4 nitrogen and oxygen atoms in total. The molecule has 0 aromatic carbocycles. The van der Waals surface area contributed by atoms with Crippen molar-refractivity contribution in [2.45, 2.75) is 44.7 Å². The Morgan fingerprint density at radius 1 is 1.53 bits per heavy atom. The Bertz CT molecular complexity index is 222. The van der Waals surface area contributed by atoms with E-state index in [0.717, 1.165) is 32.4 Å². The zero-order valence-electron chi connectivity index (χ0n) is 10.0. The van der Waals surface area contributed by atoms with Crippen LogP contribution in [-0.2, 0) is 4.79 Å². The number of carbonyl (C=O) groups is 1. The Hall–Kier alpha value is -0.610. The summed E-state index contributed by atoms with van der Waals surface area (Å²) >= 11 is 0. The number of primary amides is 1. The van der Waals surface area contributed by atoms with E-state index in [4.69, 9.17) is 5.73 Å². The first kappa shape index (κ1) is 12.5. The molecule has 0 bridgehead atoms. The molecule has 1 rings (SSSR count). The molecule has 1 unspecified atom stereocenters. The first-order valence-electron chi connectivity index (χ1n) is 5.74. The van der Waals surface area contributed by atoms with E-state index in [0.29, 0.717) is 0 Å². The van der Waals surface area contributed by atoms with Crippen LogP contribution in [-0.4, -0.2) is 42.5 Å². The molecule has 0 aliphatic carbocycles. The highest BCUT2D eigenvalue weighted by atomic mass is 16.1. The highest BCUT2D eigenvalue weighted by Gasteiger charge is 2.32. The van der Waals surface area contributed by atoms with Gasteiger partial charge in [-0.1, -0.05) is 6.92 Å². The lowest BCUT2D eigenvalue weighted by molar-refractivity contribution is -0.124. The molecule has 1 fully saturated rings. The van der Waals surface area contributed by atoms with Crippen LogP contribution >= 0.6 is 0 Å². The second-order valence-corrected chi connectivity index (χ2v) is 4.67. The van der Waals surface area contributed by atoms with Crippen LogP contribution in [0.1, 0.15) is 33.1 Å². The zero-order chi connectivity index (χ0) is 11.5. The number of nitrogens with one attached hydrogen (secondary N) is 1. The monoisotopic (exact) mass is 213 g/mol. The van der Waals surface area contributed by atoms with Crippen molar-refractivity contribution in [2.24, 2.45) is 5.73 Å². The van der Waals surface area contributed by atoms with Crippen molar-refractivity contribution in [1.82, 2.24) is 10.2 Å². The lowest BCUT2D eigenvalue weighted by atomic mass is 9.89. The fraction of sp³-hybridized carbons (Fsp3) is 0.909. The molecular formula is C11H23N3O. The van der Waals surface area contributed by atoms with Crippen LogP contribution in [0.3, 0.4) is 0 Å². The quantitative estimate of drug-likeness (QED) is 0.707. The van der Waals surface area contributed by atoms with E-state index in [1.54, 1.807) is 0 Å². The molecule has 0 spiro atoms. The van der Waals surface area contributed by atoms with Crippen molar-refractivity contribution < 1.29 is 4.79 Å². The highest BCUT2D eigenvalue weighted by molar-refractivity contribution is 5.79. The van der Waals surface area contributed by atoms with Gasteiger partial charge in [-0.15, -0.1) is 0 Å². The third kappa shape index (κ3) is 2.92. The van der Waals surface area contributed by atoms with E-state index in [-0.39, 0.29) is 17.5 Å². The molecule has 1 aliphatic rings. The van der Waals surface area contributed by atoms with Crippen molar-refractivity contribution >= 4 is 5.91 Å². The summed E-state index contributed by atoms with van der Waals surface area (Å²) in [6.07, 6.45) is 2.96. The smallest absolute Gasteiger partial charge is 0.234 e. The minimum absolute atomic E-state index is 0.0774. The van der Waals surface area contributed by atoms with E-state index in [1.165, 1.54) is 0 Å². The van der Waals surface area contributed by atoms with E-state index in [9.17, 15) is 4.79 Å². The van der Waals surface area contributed by atoms with Gasteiger partial charge in [-0.2, -0.15) is 0 Å². The van der Waals surface area contributed by atoms with Crippen LogP contribution in [0.15, 0.2) is 0 Å². The summed E-state index contributed by atoms with van der Waals surface area (Å²) < 4.78 is 0. The maximum atomic E-state index is 11.2. The third-order valence-corrected chi connectivity index (χ3v) is 3.66. The van der Waals surface area contributed by atoms with E-state index in [2.05, 4.69) is 17.1 Å². The fourth-order valence-electron chi connectivity index (χ4n) is 2.22. The molecule has 15 heavy (non-hydrogen) atoms. The standard InChI is InChI=1S/C11H23N3O/c1-4-9(10(12)15)14-7-5-11(2,13-3)6-8-14/h9,13H,4-8H2,1-3H3,(H2,12,15). The summed E-state index contributed by atoms with van der Waals surface area (Å²) in [5.74, 6) is -0.189. The number of likely N-dealkylation sites (tertiary alicyclic amines) is 1. The predicted octanol–water partition coefficient (Wildman–Crippen LogP) is 0.324. The molecule has 1 amide bonds. The SMILES string of the molecule is CCC(C(N)=O)N1CCC(C)(NC)CC1. The summed E-state index contributed by atoms with van der Waals surface area (Å²) in [6.45, 7) is 6.16. The van der Waals surface area contributed by atoms with Crippen LogP contribution < -0.4 is 11.1 Å². The van der Waals surface area contributed by atoms with Gasteiger partial charge < -0.3 is 11.1 Å². The van der Waals surface area contributed by atoms with Gasteiger partial charge in [-0.05, 0) is 33.2 Å². The molecular weight excluding hydrogens is 190 g/mol. The number of nitrogens with zero attached hydrogens (tertiary/aromatic N) is 1. The maximum absolute atomic E-state index is 11.2. The molecule has 0 aromatic rings. The Labute approximate surface area is 92.2 Å². The van der Waals surface area contributed by atoms with Crippen LogP contribution in [0, 0.1) is 0 Å². The Balaban J connectivity index is 2.52.